The lowest BCUT2D eigenvalue weighted by Gasteiger charge is -2.26. The molecule has 1 saturated heterocycles. The van der Waals surface area contributed by atoms with Gasteiger partial charge in [0.05, 0.1) is 23.6 Å². The summed E-state index contributed by atoms with van der Waals surface area (Å²) in [5.74, 6) is -1.05. The number of pyridine rings is 1. The van der Waals surface area contributed by atoms with Gasteiger partial charge >= 0.3 is 5.97 Å². The Balaban J connectivity index is 1.34. The van der Waals surface area contributed by atoms with Crippen LogP contribution in [-0.4, -0.2) is 66.9 Å². The average Bonchev–Trinajstić information content (AvgIpc) is 3.25. The van der Waals surface area contributed by atoms with Crippen LogP contribution in [0.5, 0.6) is 0 Å². The molecule has 3 heterocycles. The van der Waals surface area contributed by atoms with Crippen LogP contribution in [0.4, 0.5) is 0 Å². The van der Waals surface area contributed by atoms with E-state index in [0.29, 0.717) is 48.8 Å². The summed E-state index contributed by atoms with van der Waals surface area (Å²) < 4.78 is 40.1. The summed E-state index contributed by atoms with van der Waals surface area (Å²) in [5.41, 5.74) is 3.16. The summed E-state index contributed by atoms with van der Waals surface area (Å²) in [6.07, 6.45) is 0. The Kier molecular flexibility index (Phi) is 7.11. The van der Waals surface area contributed by atoms with E-state index >= 15 is 0 Å². The molecule has 0 saturated carbocycles. The van der Waals surface area contributed by atoms with Crippen LogP contribution >= 0.6 is 0 Å². The molecular weight excluding hydrogens is 506 g/mol. The maximum Gasteiger partial charge on any atom is 0.357 e. The normalized spacial score (nSPS) is 14.5. The van der Waals surface area contributed by atoms with E-state index < -0.39 is 22.6 Å². The molecule has 0 radical (unpaired) electrons. The number of esters is 1. The number of nitrogens with zero attached hydrogens (tertiary/aromatic N) is 3. The number of ketones is 1. The number of hydrogen-bond acceptors (Lipinski definition) is 7. The zero-order valence-corrected chi connectivity index (χ0v) is 21.9. The molecule has 2 aromatic heterocycles. The average molecular weight is 534 g/mol. The van der Waals surface area contributed by atoms with Crippen LogP contribution in [0, 0.1) is 13.8 Å². The van der Waals surface area contributed by atoms with Crippen LogP contribution in [0.25, 0.3) is 16.6 Å². The van der Waals surface area contributed by atoms with Crippen molar-refractivity contribution in [3.63, 3.8) is 0 Å². The van der Waals surface area contributed by atoms with Gasteiger partial charge in [-0.3, -0.25) is 4.79 Å². The van der Waals surface area contributed by atoms with Gasteiger partial charge in [-0.25, -0.2) is 18.2 Å². The Bertz CT molecular complexity index is 1640. The zero-order chi connectivity index (χ0) is 26.9. The number of morpholine rings is 1. The Morgan fingerprint density at radius 1 is 0.974 bits per heavy atom. The molecule has 0 amide bonds. The molecular formula is C28H27N3O6S. The van der Waals surface area contributed by atoms with Gasteiger partial charge < -0.3 is 14.0 Å². The SMILES string of the molecule is Cc1cc(C(=O)COC(=O)c2ccc3ccccc3n2)c(C)n1-c1cccc(S(=O)(=O)N2CCOCC2)c1. The number of sulfonamides is 1. The van der Waals surface area contributed by atoms with E-state index in [1.165, 1.54) is 4.31 Å². The predicted molar refractivity (Wildman–Crippen MR) is 141 cm³/mol. The summed E-state index contributed by atoms with van der Waals surface area (Å²) in [4.78, 5) is 30.1. The Hall–Kier alpha value is -3.86. The van der Waals surface area contributed by atoms with Crippen molar-refractivity contribution in [3.05, 3.63) is 89.4 Å². The molecule has 0 unspecified atom stereocenters. The first-order valence-corrected chi connectivity index (χ1v) is 13.6. The fraction of sp³-hybridized carbons (Fsp3) is 0.250. The number of aryl methyl sites for hydroxylation is 1. The maximum absolute atomic E-state index is 13.1. The standard InChI is InChI=1S/C28H27N3O6S/c1-19-16-24(27(32)18-37-28(33)26-11-10-21-6-3-4-9-25(21)29-26)20(2)31(19)22-7-5-8-23(17-22)38(34,35)30-12-14-36-15-13-30/h3-11,16-17H,12-15,18H2,1-2H3. The molecule has 2 aromatic carbocycles. The fourth-order valence-electron chi connectivity index (χ4n) is 4.62. The molecule has 0 N–H and O–H groups in total. The van der Waals surface area contributed by atoms with E-state index in [1.54, 1.807) is 55.5 Å². The van der Waals surface area contributed by atoms with Crippen molar-refractivity contribution in [1.29, 1.82) is 0 Å². The fourth-order valence-corrected chi connectivity index (χ4v) is 6.07. The van der Waals surface area contributed by atoms with Crippen LogP contribution in [0.15, 0.2) is 71.6 Å². The van der Waals surface area contributed by atoms with Crippen molar-refractivity contribution in [2.24, 2.45) is 0 Å². The number of rotatable bonds is 7. The molecule has 4 aromatic rings. The number of Topliss-reactive ketones (excluding diaryl/α,β-unsaturated/α-hetero) is 1. The maximum atomic E-state index is 13.1. The summed E-state index contributed by atoms with van der Waals surface area (Å²) >= 11 is 0. The number of para-hydroxylation sites is 1. The zero-order valence-electron chi connectivity index (χ0n) is 21.1. The number of aromatic nitrogens is 2. The number of carbonyl (C=O) groups excluding carboxylic acids is 2. The van der Waals surface area contributed by atoms with Crippen LogP contribution in [0.2, 0.25) is 0 Å². The monoisotopic (exact) mass is 533 g/mol. The van der Waals surface area contributed by atoms with Gasteiger partial charge in [-0.1, -0.05) is 30.3 Å². The van der Waals surface area contributed by atoms with Gasteiger partial charge in [-0.05, 0) is 50.2 Å². The van der Waals surface area contributed by atoms with Gasteiger partial charge in [-0.15, -0.1) is 0 Å². The highest BCUT2D eigenvalue weighted by Gasteiger charge is 2.27. The first kappa shape index (κ1) is 25.8. The largest absolute Gasteiger partial charge is 0.453 e. The topological polar surface area (TPSA) is 108 Å². The molecule has 10 heteroatoms. The molecule has 0 spiro atoms. The molecule has 38 heavy (non-hydrogen) atoms. The second-order valence-corrected chi connectivity index (χ2v) is 11.0. The van der Waals surface area contributed by atoms with Gasteiger partial charge in [0.15, 0.2) is 6.61 Å². The van der Waals surface area contributed by atoms with E-state index in [0.717, 1.165) is 11.1 Å². The molecule has 0 atom stereocenters. The van der Waals surface area contributed by atoms with Gasteiger partial charge in [0.25, 0.3) is 0 Å². The third-order valence-electron chi connectivity index (χ3n) is 6.56. The van der Waals surface area contributed by atoms with Crippen molar-refractivity contribution in [1.82, 2.24) is 13.9 Å². The molecule has 0 bridgehead atoms. The Labute approximate surface area is 220 Å². The summed E-state index contributed by atoms with van der Waals surface area (Å²) in [6.45, 7) is 4.50. The van der Waals surface area contributed by atoms with Gasteiger partial charge in [0, 0.05) is 41.1 Å². The van der Waals surface area contributed by atoms with Gasteiger partial charge in [0.1, 0.15) is 5.69 Å². The van der Waals surface area contributed by atoms with Crippen LogP contribution in [0.3, 0.4) is 0 Å². The lowest BCUT2D eigenvalue weighted by molar-refractivity contribution is 0.0469. The molecule has 1 aliphatic rings. The van der Waals surface area contributed by atoms with Gasteiger partial charge in [-0.2, -0.15) is 4.31 Å². The molecule has 9 nitrogen and oxygen atoms in total. The Morgan fingerprint density at radius 2 is 1.74 bits per heavy atom. The van der Waals surface area contributed by atoms with Crippen molar-refractivity contribution >= 4 is 32.7 Å². The van der Waals surface area contributed by atoms with Gasteiger partial charge in [0.2, 0.25) is 15.8 Å². The van der Waals surface area contributed by atoms with Crippen molar-refractivity contribution in [3.8, 4) is 5.69 Å². The minimum Gasteiger partial charge on any atom is -0.453 e. The molecule has 1 aliphatic heterocycles. The first-order chi connectivity index (χ1) is 18.3. The predicted octanol–water partition coefficient (Wildman–Crippen LogP) is 3.70. The smallest absolute Gasteiger partial charge is 0.357 e. The summed E-state index contributed by atoms with van der Waals surface area (Å²) in [6, 6.07) is 19.1. The highest BCUT2D eigenvalue weighted by Crippen LogP contribution is 2.25. The van der Waals surface area contributed by atoms with Crippen LogP contribution in [-0.2, 0) is 19.5 Å². The van der Waals surface area contributed by atoms with Crippen molar-refractivity contribution in [2.75, 3.05) is 32.9 Å². The molecule has 1 fully saturated rings. The van der Waals surface area contributed by atoms with E-state index in [4.69, 9.17) is 9.47 Å². The van der Waals surface area contributed by atoms with Crippen LogP contribution in [0.1, 0.15) is 32.2 Å². The summed E-state index contributed by atoms with van der Waals surface area (Å²) in [5, 5.41) is 0.898. The number of carbonyl (C=O) groups is 2. The third-order valence-corrected chi connectivity index (χ3v) is 8.45. The lowest BCUT2D eigenvalue weighted by atomic mass is 10.1. The molecule has 0 aliphatic carbocycles. The van der Waals surface area contributed by atoms with E-state index in [-0.39, 0.29) is 16.4 Å². The number of hydrogen-bond donors (Lipinski definition) is 0. The van der Waals surface area contributed by atoms with Crippen molar-refractivity contribution < 1.29 is 27.5 Å². The number of ether oxygens (including phenoxy) is 2. The van der Waals surface area contributed by atoms with Crippen LogP contribution < -0.4 is 0 Å². The van der Waals surface area contributed by atoms with E-state index in [2.05, 4.69) is 4.98 Å². The Morgan fingerprint density at radius 3 is 2.53 bits per heavy atom. The van der Waals surface area contributed by atoms with E-state index in [1.807, 2.05) is 29.7 Å². The second-order valence-electron chi connectivity index (χ2n) is 9.02. The third kappa shape index (κ3) is 4.98. The first-order valence-electron chi connectivity index (χ1n) is 12.2. The number of fused-ring (bicyclic) bond motifs is 1. The molecule has 196 valence electrons. The number of benzene rings is 2. The lowest BCUT2D eigenvalue weighted by Crippen LogP contribution is -2.40. The minimum absolute atomic E-state index is 0.125. The highest BCUT2D eigenvalue weighted by molar-refractivity contribution is 7.89. The highest BCUT2D eigenvalue weighted by atomic mass is 32.2. The summed E-state index contributed by atoms with van der Waals surface area (Å²) in [7, 11) is -3.68. The molecule has 5 rings (SSSR count). The van der Waals surface area contributed by atoms with E-state index in [9.17, 15) is 18.0 Å². The quantitative estimate of drug-likeness (QED) is 0.263. The minimum atomic E-state index is -3.68. The van der Waals surface area contributed by atoms with Crippen molar-refractivity contribution in [2.45, 2.75) is 18.7 Å². The second kappa shape index (κ2) is 10.5.